The van der Waals surface area contributed by atoms with E-state index in [9.17, 15) is 0 Å². The van der Waals surface area contributed by atoms with Gasteiger partial charge in [0.05, 0.1) is 0 Å². The molecule has 0 rings (SSSR count). The molecular weight excluding hydrogens is 202 g/mol. The van der Waals surface area contributed by atoms with Crippen molar-refractivity contribution in [3.8, 4) is 0 Å². The van der Waals surface area contributed by atoms with Gasteiger partial charge in [0.1, 0.15) is 0 Å². The van der Waals surface area contributed by atoms with Crippen LogP contribution in [0.3, 0.4) is 0 Å². The molecule has 7 heavy (non-hydrogen) atoms. The van der Waals surface area contributed by atoms with Crippen LogP contribution in [-0.4, -0.2) is 29.9 Å². The molecule has 0 aliphatic heterocycles. The first-order valence-electron chi connectivity index (χ1n) is 0.928. The zero-order chi connectivity index (χ0) is 3.58. The summed E-state index contributed by atoms with van der Waals surface area (Å²) in [7, 11) is 0. The first-order chi connectivity index (χ1) is 1.73. The molecule has 0 unspecified atom stereocenters. The second-order valence-electron chi connectivity index (χ2n) is 0.519. The van der Waals surface area contributed by atoms with Gasteiger partial charge in [0.15, 0.2) is 0 Å². The van der Waals surface area contributed by atoms with Crippen molar-refractivity contribution in [1.82, 2.24) is 0 Å². The summed E-state index contributed by atoms with van der Waals surface area (Å²) in [4.78, 5) is 9.00. The van der Waals surface area contributed by atoms with Gasteiger partial charge in [0.25, 0.3) is 5.97 Å². The summed E-state index contributed by atoms with van der Waals surface area (Å²) < 4.78 is 0. The van der Waals surface area contributed by atoms with Gasteiger partial charge < -0.3 is 5.11 Å². The molecule has 0 fully saturated rings. The third kappa shape index (κ3) is 162. The standard InChI is InChI=1S/C2H4O2.BrH.Co.Li.H/c1-2(3)4;;;;/h1H3,(H,3,4);1H;;;. The number of aliphatic carboxylic acids is 1. The van der Waals surface area contributed by atoms with Crippen LogP contribution < -0.4 is 0 Å². The number of carbonyl (C=O) groups is 1. The maximum absolute atomic E-state index is 9.00. The predicted octanol–water partition coefficient (Wildman–Crippen LogP) is 0.0178. The Morgan fingerprint density at radius 1 is 1.57 bits per heavy atom. The van der Waals surface area contributed by atoms with Crippen LogP contribution in [0.2, 0.25) is 0 Å². The van der Waals surface area contributed by atoms with Crippen molar-refractivity contribution in [2.45, 2.75) is 6.92 Å². The van der Waals surface area contributed by atoms with Crippen molar-refractivity contribution in [3.05, 3.63) is 0 Å². The predicted molar refractivity (Wildman–Crippen MR) is 30.8 cm³/mol. The van der Waals surface area contributed by atoms with Gasteiger partial charge in [0.2, 0.25) is 0 Å². The van der Waals surface area contributed by atoms with Crippen molar-refractivity contribution in [2.75, 3.05) is 0 Å². The molecule has 0 saturated carbocycles. The van der Waals surface area contributed by atoms with E-state index in [1.807, 2.05) is 0 Å². The molecular formula is C2H6BrCoLiO2. The van der Waals surface area contributed by atoms with Gasteiger partial charge in [-0.1, -0.05) is 0 Å². The number of halogens is 1. The molecule has 0 heterocycles. The van der Waals surface area contributed by atoms with Crippen LogP contribution in [0.1, 0.15) is 6.92 Å². The summed E-state index contributed by atoms with van der Waals surface area (Å²) in [5.74, 6) is -0.833. The van der Waals surface area contributed by atoms with E-state index in [1.165, 1.54) is 0 Å². The first kappa shape index (κ1) is 24.4. The minimum atomic E-state index is -0.833. The summed E-state index contributed by atoms with van der Waals surface area (Å²) in [5, 5.41) is 7.42. The first-order valence-corrected chi connectivity index (χ1v) is 0.928. The minimum absolute atomic E-state index is 0. The molecule has 0 amide bonds. The van der Waals surface area contributed by atoms with E-state index < -0.39 is 5.97 Å². The number of hydrogen-bond acceptors (Lipinski definition) is 1. The van der Waals surface area contributed by atoms with E-state index in [2.05, 4.69) is 0 Å². The van der Waals surface area contributed by atoms with E-state index in [4.69, 9.17) is 9.90 Å². The summed E-state index contributed by atoms with van der Waals surface area (Å²) in [6.07, 6.45) is 0. The normalized spacial score (nSPS) is 3.57. The van der Waals surface area contributed by atoms with Gasteiger partial charge in [-0.2, -0.15) is 0 Å². The third-order valence-corrected chi connectivity index (χ3v) is 0. The fourth-order valence-corrected chi connectivity index (χ4v) is 0. The van der Waals surface area contributed by atoms with Crippen LogP contribution in [-0.2, 0) is 21.6 Å². The van der Waals surface area contributed by atoms with E-state index in [-0.39, 0.29) is 52.6 Å². The second-order valence-corrected chi connectivity index (χ2v) is 0.519. The number of carboxylic acids is 1. The topological polar surface area (TPSA) is 37.3 Å². The molecule has 0 aromatic heterocycles. The molecule has 0 aliphatic carbocycles. The fraction of sp³-hybridized carbons (Fsp3) is 0.500. The zero-order valence-electron chi connectivity index (χ0n) is 3.10. The Hall–Kier alpha value is 1.05. The Morgan fingerprint density at radius 2 is 1.57 bits per heavy atom. The molecule has 0 aromatic rings. The Bertz CT molecular complexity index is 38.7. The molecule has 0 aromatic carbocycles. The molecule has 1 radical (unpaired) electrons. The van der Waals surface area contributed by atoms with Gasteiger partial charge >= 0.3 is 18.9 Å². The Kier molecular flexibility index (Phi) is 54.8. The maximum atomic E-state index is 9.00. The van der Waals surface area contributed by atoms with Crippen LogP contribution in [0.15, 0.2) is 0 Å². The van der Waals surface area contributed by atoms with E-state index in [1.54, 1.807) is 0 Å². The summed E-state index contributed by atoms with van der Waals surface area (Å²) in [5.41, 5.74) is 0. The Labute approximate surface area is 75.2 Å². The zero-order valence-corrected chi connectivity index (χ0v) is 5.85. The van der Waals surface area contributed by atoms with Crippen LogP contribution in [0.5, 0.6) is 0 Å². The van der Waals surface area contributed by atoms with Crippen molar-refractivity contribution in [3.63, 3.8) is 0 Å². The van der Waals surface area contributed by atoms with E-state index in [0.29, 0.717) is 0 Å². The second kappa shape index (κ2) is 15.7. The van der Waals surface area contributed by atoms with Crippen LogP contribution >= 0.6 is 17.0 Å². The molecule has 5 heteroatoms. The Balaban J connectivity index is -0.0000000150. The van der Waals surface area contributed by atoms with Gasteiger partial charge in [-0.15, -0.1) is 17.0 Å². The molecule has 2 nitrogen and oxygen atoms in total. The van der Waals surface area contributed by atoms with E-state index >= 15 is 0 Å². The van der Waals surface area contributed by atoms with Crippen LogP contribution in [0.4, 0.5) is 0 Å². The molecule has 43 valence electrons. The number of hydrogen-bond donors (Lipinski definition) is 1. The molecule has 0 spiro atoms. The van der Waals surface area contributed by atoms with Crippen molar-refractivity contribution < 1.29 is 26.7 Å². The average Bonchev–Trinajstić information content (AvgIpc) is 0.811. The van der Waals surface area contributed by atoms with Gasteiger partial charge in [0, 0.05) is 23.7 Å². The van der Waals surface area contributed by atoms with Crippen molar-refractivity contribution in [2.24, 2.45) is 0 Å². The SMILES string of the molecule is Br.CC(=O)O.[Co].[LiH]. The molecule has 0 aliphatic rings. The monoisotopic (exact) mass is 207 g/mol. The van der Waals surface area contributed by atoms with Gasteiger partial charge in [-0.05, 0) is 0 Å². The molecule has 0 atom stereocenters. The quantitative estimate of drug-likeness (QED) is 0.569. The van der Waals surface area contributed by atoms with Gasteiger partial charge in [-0.3, -0.25) is 4.79 Å². The number of carboxylic acid groups (broad SMARTS) is 1. The third-order valence-electron chi connectivity index (χ3n) is 0. The average molecular weight is 208 g/mol. The molecule has 0 saturated heterocycles. The van der Waals surface area contributed by atoms with Crippen LogP contribution in [0.25, 0.3) is 0 Å². The molecule has 0 bridgehead atoms. The Morgan fingerprint density at radius 3 is 1.57 bits per heavy atom. The van der Waals surface area contributed by atoms with Gasteiger partial charge in [-0.25, -0.2) is 0 Å². The summed E-state index contributed by atoms with van der Waals surface area (Å²) in [6, 6.07) is 0. The van der Waals surface area contributed by atoms with Crippen LogP contribution in [0, 0.1) is 0 Å². The molecule has 1 N–H and O–H groups in total. The fourth-order valence-electron chi connectivity index (χ4n) is 0. The van der Waals surface area contributed by atoms with E-state index in [0.717, 1.165) is 6.92 Å². The summed E-state index contributed by atoms with van der Waals surface area (Å²) in [6.45, 7) is 1.08. The number of rotatable bonds is 0. The summed E-state index contributed by atoms with van der Waals surface area (Å²) >= 11 is 0. The van der Waals surface area contributed by atoms with Crippen molar-refractivity contribution in [1.29, 1.82) is 0 Å². The van der Waals surface area contributed by atoms with Crippen molar-refractivity contribution >= 4 is 41.8 Å².